The van der Waals surface area contributed by atoms with E-state index in [9.17, 15) is 0 Å². The van der Waals surface area contributed by atoms with Crippen molar-refractivity contribution in [2.45, 2.75) is 6.92 Å². The number of pyridine rings is 1. The fourth-order valence-corrected chi connectivity index (χ4v) is 2.13. The van der Waals surface area contributed by atoms with Crippen LogP contribution < -0.4 is 10.3 Å². The van der Waals surface area contributed by atoms with Gasteiger partial charge in [-0.25, -0.2) is 4.98 Å². The first kappa shape index (κ1) is 14.4. The molecule has 0 radical (unpaired) electrons. The van der Waals surface area contributed by atoms with E-state index in [2.05, 4.69) is 30.4 Å². The van der Waals surface area contributed by atoms with E-state index in [1.54, 1.807) is 12.4 Å². The molecule has 1 N–H and O–H groups in total. The normalized spacial score (nSPS) is 15.2. The Morgan fingerprint density at radius 3 is 2.91 bits per heavy atom. The van der Waals surface area contributed by atoms with E-state index in [-0.39, 0.29) is 0 Å². The van der Waals surface area contributed by atoms with Crippen molar-refractivity contribution in [1.29, 1.82) is 0 Å². The Hall–Kier alpha value is -2.54. The van der Waals surface area contributed by atoms with Crippen LogP contribution in [0.25, 0.3) is 0 Å². The van der Waals surface area contributed by atoms with Gasteiger partial charge >= 0.3 is 0 Å². The fraction of sp³-hybridized carbons (Fsp3) is 0.333. The van der Waals surface area contributed by atoms with Crippen LogP contribution in [0.15, 0.2) is 35.6 Å². The van der Waals surface area contributed by atoms with Crippen LogP contribution in [0.5, 0.6) is 0 Å². The summed E-state index contributed by atoms with van der Waals surface area (Å²) in [5, 5.41) is 4.17. The zero-order chi connectivity index (χ0) is 15.2. The molecule has 3 heterocycles. The van der Waals surface area contributed by atoms with Gasteiger partial charge in [0.15, 0.2) is 5.82 Å². The Morgan fingerprint density at radius 2 is 2.14 bits per heavy atom. The van der Waals surface area contributed by atoms with Crippen molar-refractivity contribution in [3.63, 3.8) is 0 Å². The summed E-state index contributed by atoms with van der Waals surface area (Å²) in [6.45, 7) is 4.97. The highest BCUT2D eigenvalue weighted by atomic mass is 16.5. The second kappa shape index (κ2) is 6.95. The van der Waals surface area contributed by atoms with Gasteiger partial charge in [-0.05, 0) is 19.1 Å². The van der Waals surface area contributed by atoms with Crippen LogP contribution in [0.2, 0.25) is 0 Å². The summed E-state index contributed by atoms with van der Waals surface area (Å²) in [6.07, 6.45) is 3.39. The summed E-state index contributed by atoms with van der Waals surface area (Å²) in [5.41, 5.74) is 4.62. The lowest BCUT2D eigenvalue weighted by Gasteiger charge is -2.27. The third-order valence-corrected chi connectivity index (χ3v) is 3.20. The van der Waals surface area contributed by atoms with Crippen molar-refractivity contribution in [1.82, 2.24) is 15.0 Å². The molecule has 1 aliphatic heterocycles. The first-order chi connectivity index (χ1) is 10.8. The molecular formula is C15H18N6O. The molecule has 0 unspecified atom stereocenters. The van der Waals surface area contributed by atoms with Gasteiger partial charge in [0, 0.05) is 31.0 Å². The fourth-order valence-electron chi connectivity index (χ4n) is 2.13. The third-order valence-electron chi connectivity index (χ3n) is 3.20. The van der Waals surface area contributed by atoms with Crippen LogP contribution in [-0.2, 0) is 4.74 Å². The minimum Gasteiger partial charge on any atom is -0.378 e. The third kappa shape index (κ3) is 3.76. The van der Waals surface area contributed by atoms with Crippen molar-refractivity contribution in [2.24, 2.45) is 5.10 Å². The number of nitrogens with zero attached hydrogens (tertiary/aromatic N) is 5. The lowest BCUT2D eigenvalue weighted by atomic mass is 10.4. The number of morpholine rings is 1. The SMILES string of the molecule is Cc1cc(N/N=C/c2ccccn2)nc(N2CCOCC2)n1. The van der Waals surface area contributed by atoms with Gasteiger partial charge < -0.3 is 9.64 Å². The average Bonchev–Trinajstić information content (AvgIpc) is 2.56. The van der Waals surface area contributed by atoms with Gasteiger partial charge in [-0.15, -0.1) is 0 Å². The van der Waals surface area contributed by atoms with E-state index in [1.807, 2.05) is 31.2 Å². The van der Waals surface area contributed by atoms with Gasteiger partial charge in [-0.2, -0.15) is 10.1 Å². The summed E-state index contributed by atoms with van der Waals surface area (Å²) in [4.78, 5) is 15.3. The van der Waals surface area contributed by atoms with E-state index in [0.29, 0.717) is 25.0 Å². The van der Waals surface area contributed by atoms with Crippen LogP contribution in [-0.4, -0.2) is 47.5 Å². The van der Waals surface area contributed by atoms with Crippen LogP contribution in [0.1, 0.15) is 11.4 Å². The minimum absolute atomic E-state index is 0.668. The van der Waals surface area contributed by atoms with Crippen molar-refractivity contribution in [3.8, 4) is 0 Å². The predicted molar refractivity (Wildman–Crippen MR) is 85.3 cm³/mol. The van der Waals surface area contributed by atoms with Crippen LogP contribution >= 0.6 is 0 Å². The van der Waals surface area contributed by atoms with Gasteiger partial charge in [-0.3, -0.25) is 10.4 Å². The molecule has 0 spiro atoms. The van der Waals surface area contributed by atoms with Crippen LogP contribution in [0, 0.1) is 6.92 Å². The molecule has 0 atom stereocenters. The van der Waals surface area contributed by atoms with Crippen LogP contribution in [0.4, 0.5) is 11.8 Å². The maximum atomic E-state index is 5.35. The van der Waals surface area contributed by atoms with Crippen molar-refractivity contribution in [3.05, 3.63) is 41.9 Å². The number of aromatic nitrogens is 3. The lowest BCUT2D eigenvalue weighted by Crippen LogP contribution is -2.37. The molecule has 0 saturated carbocycles. The molecule has 0 amide bonds. The molecule has 1 aliphatic rings. The van der Waals surface area contributed by atoms with Gasteiger partial charge in [0.2, 0.25) is 5.95 Å². The number of hydrazone groups is 1. The quantitative estimate of drug-likeness (QED) is 0.680. The molecule has 1 fully saturated rings. The maximum Gasteiger partial charge on any atom is 0.227 e. The number of hydrogen-bond donors (Lipinski definition) is 1. The van der Waals surface area contributed by atoms with E-state index >= 15 is 0 Å². The topological polar surface area (TPSA) is 75.5 Å². The number of nitrogens with one attached hydrogen (secondary N) is 1. The highest BCUT2D eigenvalue weighted by Gasteiger charge is 2.14. The number of hydrogen-bond acceptors (Lipinski definition) is 7. The van der Waals surface area contributed by atoms with E-state index in [4.69, 9.17) is 4.74 Å². The molecule has 2 aromatic rings. The largest absolute Gasteiger partial charge is 0.378 e. The molecule has 0 aromatic carbocycles. The lowest BCUT2D eigenvalue weighted by molar-refractivity contribution is 0.122. The number of rotatable bonds is 4. The Labute approximate surface area is 129 Å². The molecule has 0 bridgehead atoms. The van der Waals surface area contributed by atoms with Crippen molar-refractivity contribution in [2.75, 3.05) is 36.6 Å². The van der Waals surface area contributed by atoms with Gasteiger partial charge in [-0.1, -0.05) is 6.07 Å². The predicted octanol–water partition coefficient (Wildman–Crippen LogP) is 1.46. The second-order valence-corrected chi connectivity index (χ2v) is 4.92. The Balaban J connectivity index is 1.70. The van der Waals surface area contributed by atoms with Gasteiger partial charge in [0.1, 0.15) is 0 Å². The summed E-state index contributed by atoms with van der Waals surface area (Å²) >= 11 is 0. The first-order valence-corrected chi connectivity index (χ1v) is 7.20. The summed E-state index contributed by atoms with van der Waals surface area (Å²) in [6, 6.07) is 7.53. The van der Waals surface area contributed by atoms with Crippen molar-refractivity contribution >= 4 is 18.0 Å². The van der Waals surface area contributed by atoms with Crippen LogP contribution in [0.3, 0.4) is 0 Å². The van der Waals surface area contributed by atoms with Gasteiger partial charge in [0.05, 0.1) is 25.1 Å². The monoisotopic (exact) mass is 298 g/mol. The van der Waals surface area contributed by atoms with Gasteiger partial charge in [0.25, 0.3) is 0 Å². The highest BCUT2D eigenvalue weighted by Crippen LogP contribution is 2.14. The molecule has 2 aromatic heterocycles. The number of aryl methyl sites for hydroxylation is 1. The number of anilines is 2. The molecule has 0 aliphatic carbocycles. The zero-order valence-corrected chi connectivity index (χ0v) is 12.4. The highest BCUT2D eigenvalue weighted by molar-refractivity contribution is 5.77. The summed E-state index contributed by atoms with van der Waals surface area (Å²) in [7, 11) is 0. The van der Waals surface area contributed by atoms with E-state index in [1.165, 1.54) is 0 Å². The summed E-state index contributed by atoms with van der Waals surface area (Å²) in [5.74, 6) is 1.38. The number of ether oxygens (including phenoxy) is 1. The smallest absolute Gasteiger partial charge is 0.227 e. The Kier molecular flexibility index (Phi) is 4.55. The maximum absolute atomic E-state index is 5.35. The van der Waals surface area contributed by atoms with E-state index in [0.717, 1.165) is 24.5 Å². The van der Waals surface area contributed by atoms with Crippen molar-refractivity contribution < 1.29 is 4.74 Å². The zero-order valence-electron chi connectivity index (χ0n) is 12.4. The molecule has 1 saturated heterocycles. The molecule has 7 heteroatoms. The molecule has 22 heavy (non-hydrogen) atoms. The standard InChI is InChI=1S/C15H18N6O/c1-12-10-14(20-17-11-13-4-2-3-5-16-13)19-15(18-12)21-6-8-22-9-7-21/h2-5,10-11H,6-9H2,1H3,(H,18,19,20)/b17-11+. The second-order valence-electron chi connectivity index (χ2n) is 4.92. The Morgan fingerprint density at radius 1 is 1.27 bits per heavy atom. The average molecular weight is 298 g/mol. The first-order valence-electron chi connectivity index (χ1n) is 7.20. The molecule has 3 rings (SSSR count). The Bertz CT molecular complexity index is 640. The molecule has 7 nitrogen and oxygen atoms in total. The van der Waals surface area contributed by atoms with E-state index < -0.39 is 0 Å². The minimum atomic E-state index is 0.668. The summed E-state index contributed by atoms with van der Waals surface area (Å²) < 4.78 is 5.35. The molecule has 114 valence electrons. The molecular weight excluding hydrogens is 280 g/mol.